The van der Waals surface area contributed by atoms with Crippen molar-refractivity contribution >= 4 is 23.4 Å². The minimum atomic E-state index is -1.61. The number of epoxide rings is 1. The van der Waals surface area contributed by atoms with Crippen molar-refractivity contribution in [1.29, 1.82) is 0 Å². The maximum absolute atomic E-state index is 12.4. The Morgan fingerprint density at radius 3 is 2.26 bits per heavy atom. The van der Waals surface area contributed by atoms with Gasteiger partial charge >= 0.3 is 0 Å². The first-order chi connectivity index (χ1) is 18.1. The van der Waals surface area contributed by atoms with Crippen molar-refractivity contribution < 1.29 is 34.1 Å². The summed E-state index contributed by atoms with van der Waals surface area (Å²) in [6.07, 6.45) is 19.9. The molecule has 0 radical (unpaired) electrons. The summed E-state index contributed by atoms with van der Waals surface area (Å²) in [7, 11) is 0. The Labute approximate surface area is 221 Å². The van der Waals surface area contributed by atoms with Gasteiger partial charge in [0, 0.05) is 25.0 Å². The SMILES string of the molecule is CC(C)C/C=C/C=C/C=C\C(=O)NC1=C[C@@](O)(/C=C/C=C/C=C/C(=O)NC2=C(O)CCC2=O)[C@@H]2O[C@@H]2C1=O. The van der Waals surface area contributed by atoms with Crippen LogP contribution in [0.1, 0.15) is 33.1 Å². The molecule has 0 spiro atoms. The van der Waals surface area contributed by atoms with Crippen molar-refractivity contribution in [1.82, 2.24) is 10.6 Å². The van der Waals surface area contributed by atoms with Crippen LogP contribution < -0.4 is 10.6 Å². The first kappa shape index (κ1) is 28.5. The molecule has 0 aromatic heterocycles. The molecule has 0 aromatic carbocycles. The number of hydrogen-bond donors (Lipinski definition) is 4. The highest BCUT2D eigenvalue weighted by molar-refractivity contribution is 6.06. The third kappa shape index (κ3) is 7.96. The number of carbonyl (C=O) groups is 4. The molecule has 0 bridgehead atoms. The Morgan fingerprint density at radius 1 is 1.00 bits per heavy atom. The van der Waals surface area contributed by atoms with Gasteiger partial charge in [0.15, 0.2) is 11.9 Å². The number of Topliss-reactive ketones (excluding diaryl/α,β-unsaturated/α-hetero) is 2. The van der Waals surface area contributed by atoms with Gasteiger partial charge in [0.2, 0.25) is 17.6 Å². The van der Waals surface area contributed by atoms with Crippen LogP contribution in [0.4, 0.5) is 0 Å². The van der Waals surface area contributed by atoms with Crippen LogP contribution in [-0.2, 0) is 23.9 Å². The fourth-order valence-corrected chi connectivity index (χ4v) is 3.75. The summed E-state index contributed by atoms with van der Waals surface area (Å²) < 4.78 is 5.33. The molecule has 200 valence electrons. The van der Waals surface area contributed by atoms with Gasteiger partial charge in [-0.1, -0.05) is 68.5 Å². The molecule has 3 aliphatic rings. The highest BCUT2D eigenvalue weighted by Crippen LogP contribution is 2.40. The van der Waals surface area contributed by atoms with Gasteiger partial charge in [-0.2, -0.15) is 0 Å². The lowest BCUT2D eigenvalue weighted by Crippen LogP contribution is -2.42. The number of nitrogens with one attached hydrogen (secondary N) is 2. The van der Waals surface area contributed by atoms with Crippen LogP contribution in [0.5, 0.6) is 0 Å². The molecule has 2 aliphatic carbocycles. The van der Waals surface area contributed by atoms with Crippen LogP contribution in [0.15, 0.2) is 96.1 Å². The van der Waals surface area contributed by atoms with E-state index < -0.39 is 35.4 Å². The Morgan fingerprint density at radius 2 is 1.63 bits per heavy atom. The molecule has 3 atom stereocenters. The number of ketones is 2. The number of aliphatic hydroxyl groups is 2. The average Bonchev–Trinajstić information content (AvgIpc) is 3.62. The van der Waals surface area contributed by atoms with Gasteiger partial charge in [-0.25, -0.2) is 0 Å². The maximum atomic E-state index is 12.4. The number of amides is 2. The molecule has 1 saturated heterocycles. The molecule has 1 heterocycles. The van der Waals surface area contributed by atoms with Crippen LogP contribution >= 0.6 is 0 Å². The summed E-state index contributed by atoms with van der Waals surface area (Å²) in [5, 5.41) is 25.4. The number of allylic oxidation sites excluding steroid dienone is 11. The molecule has 0 saturated carbocycles. The van der Waals surface area contributed by atoms with Crippen molar-refractivity contribution in [3.63, 3.8) is 0 Å². The zero-order valence-corrected chi connectivity index (χ0v) is 21.3. The standard InChI is InChI=1S/C29H32N2O7/c1-19(2)12-8-4-3-5-9-13-23(34)30-20-18-29(37,28-27(38-28)26(20)36)17-11-7-6-10-14-24(35)31-25-21(32)15-16-22(25)33/h3-11,13-14,17-19,27-28,32,37H,12,15-16H2,1-2H3,(H,30,34)(H,31,35)/b5-3+,7-6+,8-4+,13-9-,14-10+,17-11+/t27-,28-,29+/m1/s1. The van der Waals surface area contributed by atoms with Crippen molar-refractivity contribution in [2.45, 2.75) is 50.9 Å². The van der Waals surface area contributed by atoms with E-state index in [9.17, 15) is 29.4 Å². The molecule has 1 fully saturated rings. The molecular formula is C29H32N2O7. The van der Waals surface area contributed by atoms with Gasteiger partial charge < -0.3 is 25.6 Å². The summed E-state index contributed by atoms with van der Waals surface area (Å²) in [6, 6.07) is 0. The van der Waals surface area contributed by atoms with E-state index in [-0.39, 0.29) is 35.8 Å². The van der Waals surface area contributed by atoms with E-state index in [4.69, 9.17) is 4.74 Å². The fourth-order valence-electron chi connectivity index (χ4n) is 3.75. The van der Waals surface area contributed by atoms with Crippen molar-refractivity contribution in [2.24, 2.45) is 5.92 Å². The van der Waals surface area contributed by atoms with E-state index in [1.54, 1.807) is 24.3 Å². The van der Waals surface area contributed by atoms with Gasteiger partial charge in [-0.3, -0.25) is 19.2 Å². The Hall–Kier alpha value is -4.08. The van der Waals surface area contributed by atoms with Gasteiger partial charge in [0.25, 0.3) is 0 Å². The zero-order valence-electron chi connectivity index (χ0n) is 21.3. The number of ether oxygens (including phenoxy) is 1. The van der Waals surface area contributed by atoms with Crippen LogP contribution in [0, 0.1) is 5.92 Å². The number of aliphatic hydroxyl groups excluding tert-OH is 1. The third-order valence-electron chi connectivity index (χ3n) is 5.78. The van der Waals surface area contributed by atoms with Crippen LogP contribution in [0.2, 0.25) is 0 Å². The summed E-state index contributed by atoms with van der Waals surface area (Å²) in [6.45, 7) is 4.25. The summed E-state index contributed by atoms with van der Waals surface area (Å²) >= 11 is 0. The first-order valence-corrected chi connectivity index (χ1v) is 12.4. The maximum Gasteiger partial charge on any atom is 0.248 e. The van der Waals surface area contributed by atoms with E-state index in [0.717, 1.165) is 6.42 Å². The van der Waals surface area contributed by atoms with Crippen LogP contribution in [0.3, 0.4) is 0 Å². The Bertz CT molecular complexity index is 1210. The lowest BCUT2D eigenvalue weighted by atomic mass is 9.88. The second kappa shape index (κ2) is 12.9. The third-order valence-corrected chi connectivity index (χ3v) is 5.78. The Balaban J connectivity index is 1.54. The molecule has 38 heavy (non-hydrogen) atoms. The number of fused-ring (bicyclic) bond motifs is 1. The number of hydrogen-bond acceptors (Lipinski definition) is 7. The van der Waals surface area contributed by atoms with Gasteiger partial charge in [0.1, 0.15) is 23.2 Å². The highest BCUT2D eigenvalue weighted by atomic mass is 16.6. The van der Waals surface area contributed by atoms with Gasteiger partial charge in [0.05, 0.1) is 5.70 Å². The summed E-state index contributed by atoms with van der Waals surface area (Å²) in [4.78, 5) is 48.1. The molecule has 9 heteroatoms. The molecule has 1 aliphatic heterocycles. The van der Waals surface area contributed by atoms with Crippen molar-refractivity contribution in [2.75, 3.05) is 0 Å². The monoisotopic (exact) mass is 520 g/mol. The molecule has 4 N–H and O–H groups in total. The van der Waals surface area contributed by atoms with Gasteiger partial charge in [-0.05, 0) is 24.5 Å². The van der Waals surface area contributed by atoms with Crippen molar-refractivity contribution in [3.05, 3.63) is 96.1 Å². The summed E-state index contributed by atoms with van der Waals surface area (Å²) in [5.74, 6) is -1.36. The molecule has 0 unspecified atom stereocenters. The molecule has 3 rings (SSSR count). The Kier molecular flexibility index (Phi) is 9.70. The van der Waals surface area contributed by atoms with E-state index in [1.807, 2.05) is 12.2 Å². The van der Waals surface area contributed by atoms with Gasteiger partial charge in [-0.15, -0.1) is 0 Å². The quantitative estimate of drug-likeness (QED) is 0.186. The minimum absolute atomic E-state index is 0.0501. The topological polar surface area (TPSA) is 145 Å². The number of rotatable bonds is 11. The first-order valence-electron chi connectivity index (χ1n) is 12.4. The van der Waals surface area contributed by atoms with E-state index in [1.165, 1.54) is 42.5 Å². The normalized spacial score (nSPS) is 25.7. The number of carbonyl (C=O) groups excluding carboxylic acids is 4. The van der Waals surface area contributed by atoms with Crippen LogP contribution in [-0.4, -0.2) is 51.4 Å². The molecule has 2 amide bonds. The predicted octanol–water partition coefficient (Wildman–Crippen LogP) is 2.70. The van der Waals surface area contributed by atoms with Crippen molar-refractivity contribution in [3.8, 4) is 0 Å². The smallest absolute Gasteiger partial charge is 0.248 e. The lowest BCUT2D eigenvalue weighted by molar-refractivity contribution is -0.121. The highest BCUT2D eigenvalue weighted by Gasteiger charge is 2.59. The zero-order chi connectivity index (χ0) is 27.7. The van der Waals surface area contributed by atoms with E-state index >= 15 is 0 Å². The molecule has 9 nitrogen and oxygen atoms in total. The lowest BCUT2D eigenvalue weighted by Gasteiger charge is -2.23. The van der Waals surface area contributed by atoms with E-state index in [2.05, 4.69) is 24.5 Å². The fraction of sp³-hybridized carbons (Fsp3) is 0.310. The second-order valence-electron chi connectivity index (χ2n) is 9.42. The summed E-state index contributed by atoms with van der Waals surface area (Å²) in [5.41, 5.74) is -1.73. The predicted molar refractivity (Wildman–Crippen MR) is 141 cm³/mol. The van der Waals surface area contributed by atoms with E-state index in [0.29, 0.717) is 5.92 Å². The minimum Gasteiger partial charge on any atom is -0.510 e. The molecule has 0 aromatic rings. The average molecular weight is 521 g/mol. The molecular weight excluding hydrogens is 488 g/mol. The second-order valence-corrected chi connectivity index (χ2v) is 9.42. The largest absolute Gasteiger partial charge is 0.510 e. The van der Waals surface area contributed by atoms with Crippen LogP contribution in [0.25, 0.3) is 0 Å².